The molecule has 6 nitrogen and oxygen atoms in total. The molecule has 38 heavy (non-hydrogen) atoms. The van der Waals surface area contributed by atoms with Crippen LogP contribution in [0.2, 0.25) is 0 Å². The molecule has 0 aromatic heterocycles. The number of ether oxygens (including phenoxy) is 2. The molecule has 1 aliphatic rings. The maximum absolute atomic E-state index is 13.5. The fourth-order valence-corrected chi connectivity index (χ4v) is 4.72. The average molecular weight is 547 g/mol. The van der Waals surface area contributed by atoms with Gasteiger partial charge in [0, 0.05) is 18.2 Å². The third kappa shape index (κ3) is 5.83. The van der Waals surface area contributed by atoms with E-state index < -0.39 is 54.3 Å². The summed E-state index contributed by atoms with van der Waals surface area (Å²) in [6.45, 7) is 6.47. The first-order valence-corrected chi connectivity index (χ1v) is 11.8. The molecule has 12 heteroatoms. The van der Waals surface area contributed by atoms with E-state index in [1.54, 1.807) is 32.9 Å². The second-order valence-corrected chi connectivity index (χ2v) is 9.12. The van der Waals surface area contributed by atoms with E-state index >= 15 is 0 Å². The molecule has 2 amide bonds. The fourth-order valence-electron chi connectivity index (χ4n) is 4.72. The number of nitrogens with zero attached hydrogens (tertiary/aromatic N) is 2. The van der Waals surface area contributed by atoms with Crippen molar-refractivity contribution in [2.75, 3.05) is 18.6 Å². The largest absolute Gasteiger partial charge is 0.453 e. The summed E-state index contributed by atoms with van der Waals surface area (Å²) in [5.74, 6) is 0. The second-order valence-electron chi connectivity index (χ2n) is 9.12. The van der Waals surface area contributed by atoms with E-state index in [-0.39, 0.29) is 24.7 Å². The van der Waals surface area contributed by atoms with Gasteiger partial charge in [0.2, 0.25) is 0 Å². The van der Waals surface area contributed by atoms with E-state index in [4.69, 9.17) is 9.47 Å². The van der Waals surface area contributed by atoms with Crippen molar-refractivity contribution in [2.45, 2.75) is 65.1 Å². The van der Waals surface area contributed by atoms with Gasteiger partial charge in [0.1, 0.15) is 0 Å². The highest BCUT2D eigenvalue weighted by molar-refractivity contribution is 5.91. The van der Waals surface area contributed by atoms with Gasteiger partial charge in [-0.05, 0) is 75.1 Å². The number of aryl methyl sites for hydroxylation is 1. The number of alkyl halides is 6. The average Bonchev–Trinajstić information content (AvgIpc) is 2.82. The molecule has 0 N–H and O–H groups in total. The van der Waals surface area contributed by atoms with Crippen molar-refractivity contribution in [1.82, 2.24) is 4.90 Å². The quantitative estimate of drug-likeness (QED) is 0.375. The van der Waals surface area contributed by atoms with E-state index in [0.29, 0.717) is 28.9 Å². The number of halogens is 6. The summed E-state index contributed by atoms with van der Waals surface area (Å²) in [7, 11) is 1.07. The van der Waals surface area contributed by atoms with Gasteiger partial charge in [0.15, 0.2) is 0 Å². The van der Waals surface area contributed by atoms with Gasteiger partial charge in [-0.25, -0.2) is 9.59 Å². The molecule has 0 radical (unpaired) electrons. The topological polar surface area (TPSA) is 59.1 Å². The van der Waals surface area contributed by atoms with Gasteiger partial charge in [0.05, 0.1) is 36.6 Å². The first-order chi connectivity index (χ1) is 17.6. The van der Waals surface area contributed by atoms with Gasteiger partial charge in [-0.15, -0.1) is 0 Å². The number of anilines is 1. The fraction of sp³-hybridized carbons (Fsp3) is 0.462. The Bertz CT molecular complexity index is 1180. The molecule has 0 aliphatic carbocycles. The molecule has 2 atom stereocenters. The summed E-state index contributed by atoms with van der Waals surface area (Å²) in [5.41, 5.74) is -0.841. The Labute approximate surface area is 216 Å². The van der Waals surface area contributed by atoms with Crippen LogP contribution in [0.15, 0.2) is 30.3 Å². The second kappa shape index (κ2) is 10.7. The zero-order valence-corrected chi connectivity index (χ0v) is 21.5. The molecule has 0 saturated carbocycles. The molecular formula is C26H28F6N2O4. The number of benzene rings is 2. The van der Waals surface area contributed by atoms with Gasteiger partial charge in [0.25, 0.3) is 0 Å². The van der Waals surface area contributed by atoms with Crippen molar-refractivity contribution in [3.05, 3.63) is 63.7 Å². The predicted molar refractivity (Wildman–Crippen MR) is 127 cm³/mol. The molecule has 2 aromatic carbocycles. The van der Waals surface area contributed by atoms with Crippen LogP contribution in [0.25, 0.3) is 0 Å². The molecule has 1 aliphatic heterocycles. The lowest BCUT2D eigenvalue weighted by molar-refractivity contribution is -0.143. The van der Waals surface area contributed by atoms with E-state index in [9.17, 15) is 35.9 Å². The van der Waals surface area contributed by atoms with Gasteiger partial charge < -0.3 is 9.47 Å². The van der Waals surface area contributed by atoms with Crippen LogP contribution in [0.3, 0.4) is 0 Å². The first-order valence-electron chi connectivity index (χ1n) is 11.8. The molecule has 2 unspecified atom stereocenters. The lowest BCUT2D eigenvalue weighted by Gasteiger charge is -2.43. The number of carbonyl (C=O) groups excluding carboxylic acids is 2. The maximum atomic E-state index is 13.5. The van der Waals surface area contributed by atoms with Crippen molar-refractivity contribution < 1.29 is 45.4 Å². The molecular weight excluding hydrogens is 518 g/mol. The summed E-state index contributed by atoms with van der Waals surface area (Å²) in [5, 5.41) is 0. The van der Waals surface area contributed by atoms with Crippen molar-refractivity contribution in [3.8, 4) is 0 Å². The van der Waals surface area contributed by atoms with Crippen LogP contribution in [0.1, 0.15) is 59.7 Å². The van der Waals surface area contributed by atoms with Crippen LogP contribution in [-0.2, 0) is 28.4 Å². The molecule has 208 valence electrons. The third-order valence-electron chi connectivity index (χ3n) is 6.61. The monoisotopic (exact) mass is 546 g/mol. The molecule has 2 aromatic rings. The maximum Gasteiger partial charge on any atom is 0.416 e. The zero-order valence-electron chi connectivity index (χ0n) is 21.5. The number of carbonyl (C=O) groups is 2. The number of fused-ring (bicyclic) bond motifs is 1. The Hall–Kier alpha value is -3.44. The highest BCUT2D eigenvalue weighted by Gasteiger charge is 2.41. The lowest BCUT2D eigenvalue weighted by Crippen LogP contribution is -2.48. The van der Waals surface area contributed by atoms with Gasteiger partial charge in [-0.3, -0.25) is 9.80 Å². The Morgan fingerprint density at radius 1 is 1.03 bits per heavy atom. The van der Waals surface area contributed by atoms with Crippen molar-refractivity contribution in [3.63, 3.8) is 0 Å². The Balaban J connectivity index is 2.18. The number of rotatable bonds is 4. The minimum absolute atomic E-state index is 0.0364. The van der Waals surface area contributed by atoms with E-state index in [1.807, 2.05) is 6.92 Å². The van der Waals surface area contributed by atoms with Crippen LogP contribution in [0.4, 0.5) is 41.6 Å². The molecule has 0 bridgehead atoms. The summed E-state index contributed by atoms with van der Waals surface area (Å²) in [4.78, 5) is 28.3. The summed E-state index contributed by atoms with van der Waals surface area (Å²) in [6, 6.07) is 3.34. The molecule has 0 spiro atoms. The number of hydrogen-bond acceptors (Lipinski definition) is 4. The predicted octanol–water partition coefficient (Wildman–Crippen LogP) is 7.41. The van der Waals surface area contributed by atoms with Gasteiger partial charge in [-0.1, -0.05) is 6.07 Å². The van der Waals surface area contributed by atoms with E-state index in [2.05, 4.69) is 0 Å². The van der Waals surface area contributed by atoms with Crippen molar-refractivity contribution in [2.24, 2.45) is 0 Å². The Morgan fingerprint density at radius 2 is 1.61 bits per heavy atom. The SMILES string of the molecule is CCOC(=O)N1c2ccc(C)c(C)c2C(N(Cc2cc(C(F)(F)F)cc(C(F)(F)F)c2)C(=O)OC)CC1C. The summed E-state index contributed by atoms with van der Waals surface area (Å²) < 4.78 is 90.9. The van der Waals surface area contributed by atoms with Crippen LogP contribution < -0.4 is 4.90 Å². The van der Waals surface area contributed by atoms with E-state index in [0.717, 1.165) is 17.6 Å². The number of methoxy groups -OCH3 is 1. The highest BCUT2D eigenvalue weighted by Crippen LogP contribution is 2.45. The minimum Gasteiger partial charge on any atom is -0.453 e. The smallest absolute Gasteiger partial charge is 0.416 e. The lowest BCUT2D eigenvalue weighted by atomic mass is 9.86. The molecule has 3 rings (SSSR count). The zero-order chi connectivity index (χ0) is 28.6. The number of hydrogen-bond donors (Lipinski definition) is 0. The highest BCUT2D eigenvalue weighted by atomic mass is 19.4. The molecule has 1 heterocycles. The Morgan fingerprint density at radius 3 is 2.11 bits per heavy atom. The standard InChI is InChI=1S/C26H28F6N2O4/c1-6-38-24(36)34-15(3)9-21(22-16(4)14(2)7-8-20(22)34)33(23(35)37-5)13-17-10-18(25(27,28)29)12-19(11-17)26(30,31)32/h7-8,10-12,15,21H,6,9,13H2,1-5H3. The van der Waals surface area contributed by atoms with Crippen LogP contribution >= 0.6 is 0 Å². The van der Waals surface area contributed by atoms with Crippen LogP contribution in [0, 0.1) is 13.8 Å². The van der Waals surface area contributed by atoms with Crippen molar-refractivity contribution in [1.29, 1.82) is 0 Å². The number of amides is 2. The summed E-state index contributed by atoms with van der Waals surface area (Å²) >= 11 is 0. The van der Waals surface area contributed by atoms with Gasteiger partial charge >= 0.3 is 24.5 Å². The summed E-state index contributed by atoms with van der Waals surface area (Å²) in [6.07, 6.45) is -11.5. The van der Waals surface area contributed by atoms with E-state index in [1.165, 1.54) is 4.90 Å². The molecule has 0 fully saturated rings. The van der Waals surface area contributed by atoms with Gasteiger partial charge in [-0.2, -0.15) is 26.3 Å². The Kier molecular flexibility index (Phi) is 8.23. The normalized spacial score (nSPS) is 17.6. The minimum atomic E-state index is -5.04. The van der Waals surface area contributed by atoms with Crippen LogP contribution in [-0.4, -0.2) is 36.8 Å². The first kappa shape index (κ1) is 29.1. The van der Waals surface area contributed by atoms with Crippen molar-refractivity contribution >= 4 is 17.9 Å². The van der Waals surface area contributed by atoms with Crippen LogP contribution in [0.5, 0.6) is 0 Å². The third-order valence-corrected chi connectivity index (χ3v) is 6.61. The molecule has 0 saturated heterocycles.